The Bertz CT molecular complexity index is 1370. The Kier molecular flexibility index (Phi) is 23.7. The molecule has 57 heavy (non-hydrogen) atoms. The number of carbonyl (C=O) groups is 7. The third-order valence-electron chi connectivity index (χ3n) is 9.18. The Labute approximate surface area is 338 Å². The number of aliphatic carboxylic acids is 1. The zero-order valence-electron chi connectivity index (χ0n) is 33.4. The van der Waals surface area contributed by atoms with Crippen LogP contribution in [0.15, 0.2) is 4.99 Å². The molecule has 1 aliphatic heterocycles. The van der Waals surface area contributed by atoms with Crippen LogP contribution >= 0.6 is 11.8 Å². The first kappa shape index (κ1) is 50.8. The Balaban J connectivity index is 3.32. The number of aliphatic imine (C=N–C) groups is 1. The van der Waals surface area contributed by atoms with Gasteiger partial charge in [-0.3, -0.25) is 33.8 Å². The topological polar surface area (TPSA) is 360 Å². The van der Waals surface area contributed by atoms with Gasteiger partial charge in [0.05, 0.1) is 12.7 Å². The Hall–Kier alpha value is -4.25. The van der Waals surface area contributed by atoms with Gasteiger partial charge in [-0.25, -0.2) is 4.79 Å². The van der Waals surface area contributed by atoms with E-state index in [4.69, 9.17) is 22.9 Å². The summed E-state index contributed by atoms with van der Waals surface area (Å²) >= 11 is 1.40. The molecule has 0 saturated carbocycles. The van der Waals surface area contributed by atoms with Crippen LogP contribution in [-0.4, -0.2) is 154 Å². The van der Waals surface area contributed by atoms with Gasteiger partial charge in [-0.2, -0.15) is 11.8 Å². The van der Waals surface area contributed by atoms with Gasteiger partial charge >= 0.3 is 5.97 Å². The Morgan fingerprint density at radius 3 is 1.84 bits per heavy atom. The van der Waals surface area contributed by atoms with Crippen LogP contribution in [0.2, 0.25) is 0 Å². The molecule has 22 heteroatoms. The lowest BCUT2D eigenvalue weighted by Gasteiger charge is -2.29. The molecule has 21 nitrogen and oxygen atoms in total. The van der Waals surface area contributed by atoms with Crippen LogP contribution < -0.4 is 49.5 Å². The third-order valence-corrected chi connectivity index (χ3v) is 9.83. The molecule has 0 radical (unpaired) electrons. The van der Waals surface area contributed by atoms with E-state index in [0.29, 0.717) is 31.6 Å². The lowest BCUT2D eigenvalue weighted by Crippen LogP contribution is -2.60. The predicted molar refractivity (Wildman–Crippen MR) is 214 cm³/mol. The smallest absolute Gasteiger partial charge is 0.326 e. The molecule has 8 atom stereocenters. The van der Waals surface area contributed by atoms with E-state index >= 15 is 0 Å². The number of aliphatic hydroxyl groups excluding tert-OH is 2. The van der Waals surface area contributed by atoms with Gasteiger partial charge in [-0.1, -0.05) is 13.8 Å². The summed E-state index contributed by atoms with van der Waals surface area (Å²) in [5.74, 6) is -5.61. The second kappa shape index (κ2) is 26.6. The lowest BCUT2D eigenvalue weighted by molar-refractivity contribution is -0.149. The number of likely N-dealkylation sites (tertiary alicyclic amines) is 1. The predicted octanol–water partition coefficient (Wildman–Crippen LogP) is -3.83. The summed E-state index contributed by atoms with van der Waals surface area (Å²) in [7, 11) is 0. The van der Waals surface area contributed by atoms with Crippen molar-refractivity contribution in [2.24, 2.45) is 33.8 Å². The van der Waals surface area contributed by atoms with Crippen molar-refractivity contribution < 1.29 is 48.9 Å². The van der Waals surface area contributed by atoms with E-state index in [1.54, 1.807) is 20.1 Å². The fourth-order valence-electron chi connectivity index (χ4n) is 5.99. The van der Waals surface area contributed by atoms with Crippen LogP contribution in [0, 0.1) is 5.92 Å². The van der Waals surface area contributed by atoms with Crippen LogP contribution in [0.1, 0.15) is 78.6 Å². The number of hydrogen-bond donors (Lipinski definition) is 12. The zero-order valence-corrected chi connectivity index (χ0v) is 34.2. The monoisotopic (exact) mass is 831 g/mol. The second-order valence-electron chi connectivity index (χ2n) is 14.4. The first-order valence-corrected chi connectivity index (χ1v) is 20.6. The van der Waals surface area contributed by atoms with Crippen LogP contribution in [0.4, 0.5) is 0 Å². The largest absolute Gasteiger partial charge is 0.480 e. The number of thioether (sulfide) groups is 1. The number of amides is 6. The van der Waals surface area contributed by atoms with E-state index in [9.17, 15) is 48.9 Å². The molecular formula is C35H65N11O10S. The lowest BCUT2D eigenvalue weighted by atomic mass is 10.0. The molecule has 1 saturated heterocycles. The maximum atomic E-state index is 13.9. The van der Waals surface area contributed by atoms with E-state index in [-0.39, 0.29) is 63.5 Å². The standard InChI is InChI=1S/C35H65N11O10S/c1-19(2)17-24(44-31(52)25(18-47)45-32(53)27(37)20(3)48)30(51)42-22(12-16-57-4)29(50)41-21(9-5-6-13-36)28(49)43-23(10-7-14-40-35(38)39)33(54)46-15-8-11-26(46)34(55)56/h19-27,47-48H,5-18,36-37H2,1-4H3,(H,41,50)(H,42,51)(H,43,49)(H,44,52)(H,45,53)(H,55,56)(H4,38,39,40). The molecule has 326 valence electrons. The molecule has 6 amide bonds. The molecule has 1 fully saturated rings. The minimum atomic E-state index is -1.50. The Morgan fingerprint density at radius 1 is 0.789 bits per heavy atom. The highest BCUT2D eigenvalue weighted by molar-refractivity contribution is 7.98. The fraction of sp³-hybridized carbons (Fsp3) is 0.771. The van der Waals surface area contributed by atoms with Crippen LogP contribution in [0.5, 0.6) is 0 Å². The van der Waals surface area contributed by atoms with Crippen LogP contribution in [0.3, 0.4) is 0 Å². The maximum absolute atomic E-state index is 13.9. The van der Waals surface area contributed by atoms with Gasteiger partial charge in [0.25, 0.3) is 0 Å². The summed E-state index contributed by atoms with van der Waals surface area (Å²) < 4.78 is 0. The van der Waals surface area contributed by atoms with Crippen molar-refractivity contribution in [2.75, 3.05) is 38.2 Å². The quantitative estimate of drug-likeness (QED) is 0.0214. The number of carbonyl (C=O) groups excluding carboxylic acids is 6. The molecule has 0 aromatic heterocycles. The summed E-state index contributed by atoms with van der Waals surface area (Å²) in [6, 6.07) is -8.69. The molecular weight excluding hydrogens is 767 g/mol. The van der Waals surface area contributed by atoms with E-state index < -0.39 is 96.4 Å². The highest BCUT2D eigenvalue weighted by atomic mass is 32.2. The summed E-state index contributed by atoms with van der Waals surface area (Å²) in [6.07, 6.45) is 2.90. The number of nitrogens with one attached hydrogen (secondary N) is 5. The van der Waals surface area contributed by atoms with E-state index in [2.05, 4.69) is 31.6 Å². The van der Waals surface area contributed by atoms with Gasteiger partial charge < -0.3 is 69.7 Å². The fourth-order valence-corrected chi connectivity index (χ4v) is 6.46. The van der Waals surface area contributed by atoms with Crippen molar-refractivity contribution in [1.82, 2.24) is 31.5 Å². The Morgan fingerprint density at radius 2 is 1.32 bits per heavy atom. The van der Waals surface area contributed by atoms with Crippen molar-refractivity contribution in [3.8, 4) is 0 Å². The number of nitrogens with zero attached hydrogens (tertiary/aromatic N) is 2. The normalized spacial score (nSPS) is 17.6. The summed E-state index contributed by atoms with van der Waals surface area (Å²) in [6.45, 7) is 4.68. The SMILES string of the molecule is CSCCC(NC(=O)C(CC(C)C)NC(=O)C(CO)NC(=O)C(N)C(C)O)C(=O)NC(CCCCN)C(=O)NC(CCCN=C(N)N)C(=O)N1CCCC1C(=O)O. The molecule has 0 aromatic carbocycles. The van der Waals surface area contributed by atoms with Crippen molar-refractivity contribution >= 4 is 59.1 Å². The van der Waals surface area contributed by atoms with E-state index in [0.717, 1.165) is 0 Å². The number of unbranched alkanes of at least 4 members (excludes halogenated alkanes) is 1. The van der Waals surface area contributed by atoms with Gasteiger partial charge in [0, 0.05) is 13.1 Å². The number of carboxylic acids is 1. The van der Waals surface area contributed by atoms with E-state index in [1.165, 1.54) is 23.6 Å². The van der Waals surface area contributed by atoms with Crippen molar-refractivity contribution in [2.45, 2.75) is 127 Å². The second-order valence-corrected chi connectivity index (χ2v) is 15.4. The first-order valence-electron chi connectivity index (χ1n) is 19.2. The highest BCUT2D eigenvalue weighted by Gasteiger charge is 2.39. The highest BCUT2D eigenvalue weighted by Crippen LogP contribution is 2.20. The molecule has 0 aromatic rings. The summed E-state index contributed by atoms with van der Waals surface area (Å²) in [4.78, 5) is 97.7. The number of rotatable bonds is 27. The molecule has 0 aliphatic carbocycles. The maximum Gasteiger partial charge on any atom is 0.326 e. The minimum Gasteiger partial charge on any atom is -0.480 e. The van der Waals surface area contributed by atoms with Crippen molar-refractivity contribution in [3.63, 3.8) is 0 Å². The summed E-state index contributed by atoms with van der Waals surface area (Å²) in [5.41, 5.74) is 22.2. The van der Waals surface area contributed by atoms with Crippen LogP contribution in [0.25, 0.3) is 0 Å². The molecule has 8 unspecified atom stereocenters. The van der Waals surface area contributed by atoms with Gasteiger partial charge in [0.2, 0.25) is 35.4 Å². The number of aliphatic hydroxyl groups is 2. The summed E-state index contributed by atoms with van der Waals surface area (Å²) in [5, 5.41) is 42.0. The molecule has 16 N–H and O–H groups in total. The molecule has 1 heterocycles. The van der Waals surface area contributed by atoms with Crippen LogP contribution in [-0.2, 0) is 33.6 Å². The minimum absolute atomic E-state index is 0.0667. The van der Waals surface area contributed by atoms with E-state index in [1.807, 2.05) is 0 Å². The third kappa shape index (κ3) is 18.3. The van der Waals surface area contributed by atoms with Crippen molar-refractivity contribution in [1.29, 1.82) is 0 Å². The van der Waals surface area contributed by atoms with Gasteiger partial charge in [0.1, 0.15) is 42.3 Å². The van der Waals surface area contributed by atoms with Gasteiger partial charge in [-0.15, -0.1) is 0 Å². The first-order chi connectivity index (χ1) is 26.9. The number of hydrogen-bond acceptors (Lipinski definition) is 13. The molecule has 0 spiro atoms. The van der Waals surface area contributed by atoms with Gasteiger partial charge in [0.15, 0.2) is 5.96 Å². The molecule has 0 bridgehead atoms. The van der Waals surface area contributed by atoms with Gasteiger partial charge in [-0.05, 0) is 89.2 Å². The average molecular weight is 832 g/mol. The molecule has 1 rings (SSSR count). The number of carboxylic acid groups (broad SMARTS) is 1. The number of guanidine groups is 1. The van der Waals surface area contributed by atoms with Crippen molar-refractivity contribution in [3.05, 3.63) is 0 Å². The average Bonchev–Trinajstić information content (AvgIpc) is 3.65. The zero-order chi connectivity index (χ0) is 43.2. The molecule has 1 aliphatic rings. The number of nitrogens with two attached hydrogens (primary N) is 4.